The zero-order valence-corrected chi connectivity index (χ0v) is 9.21. The van der Waals surface area contributed by atoms with Gasteiger partial charge in [0.1, 0.15) is 5.75 Å². The van der Waals surface area contributed by atoms with E-state index in [2.05, 4.69) is 20.9 Å². The van der Waals surface area contributed by atoms with Crippen molar-refractivity contribution in [3.05, 3.63) is 28.9 Å². The largest absolute Gasteiger partial charge is 0.497 e. The molecule has 0 radical (unpaired) electrons. The van der Waals surface area contributed by atoms with E-state index >= 15 is 0 Å². The highest BCUT2D eigenvalue weighted by Gasteiger charge is 2.04. The number of rotatable bonds is 1. The van der Waals surface area contributed by atoms with Crippen LogP contribution < -0.4 is 10.5 Å². The number of ether oxygens (including phenoxy) is 1. The van der Waals surface area contributed by atoms with Crippen LogP contribution >= 0.6 is 15.9 Å². The number of pyridine rings is 1. The number of benzene rings is 1. The quantitative estimate of drug-likeness (QED) is 0.849. The highest BCUT2D eigenvalue weighted by Crippen LogP contribution is 2.28. The summed E-state index contributed by atoms with van der Waals surface area (Å²) in [6.07, 6.45) is 1.69. The molecule has 0 aliphatic carbocycles. The van der Waals surface area contributed by atoms with Crippen LogP contribution in [0.4, 0.5) is 5.69 Å². The fourth-order valence-corrected chi connectivity index (χ4v) is 1.61. The number of aromatic nitrogens is 1. The van der Waals surface area contributed by atoms with Gasteiger partial charge in [0.2, 0.25) is 0 Å². The van der Waals surface area contributed by atoms with Crippen LogP contribution in [0, 0.1) is 0 Å². The molecular weight excluding hydrogens is 244 g/mol. The molecule has 1 aromatic carbocycles. The Labute approximate surface area is 90.0 Å². The first-order valence-corrected chi connectivity index (χ1v) is 4.89. The van der Waals surface area contributed by atoms with E-state index in [0.29, 0.717) is 5.69 Å². The van der Waals surface area contributed by atoms with Crippen molar-refractivity contribution in [3.8, 4) is 5.75 Å². The molecule has 0 aliphatic heterocycles. The maximum atomic E-state index is 5.88. The van der Waals surface area contributed by atoms with Crippen LogP contribution in [-0.2, 0) is 0 Å². The predicted molar refractivity (Wildman–Crippen MR) is 60.4 cm³/mol. The second-order valence-electron chi connectivity index (χ2n) is 2.90. The summed E-state index contributed by atoms with van der Waals surface area (Å²) in [6.45, 7) is 0. The van der Waals surface area contributed by atoms with Gasteiger partial charge in [-0.2, -0.15) is 0 Å². The van der Waals surface area contributed by atoms with Gasteiger partial charge < -0.3 is 10.5 Å². The van der Waals surface area contributed by atoms with Crippen molar-refractivity contribution in [2.75, 3.05) is 12.8 Å². The van der Waals surface area contributed by atoms with Gasteiger partial charge in [-0.15, -0.1) is 0 Å². The summed E-state index contributed by atoms with van der Waals surface area (Å²) in [5.41, 5.74) is 7.43. The molecule has 0 saturated carbocycles. The molecule has 1 heterocycles. The lowest BCUT2D eigenvalue weighted by Gasteiger charge is -2.05. The van der Waals surface area contributed by atoms with Crippen molar-refractivity contribution in [1.29, 1.82) is 0 Å². The van der Waals surface area contributed by atoms with E-state index < -0.39 is 0 Å². The zero-order valence-electron chi connectivity index (χ0n) is 7.62. The first kappa shape index (κ1) is 9.27. The number of anilines is 1. The second kappa shape index (κ2) is 3.46. The third-order valence-corrected chi connectivity index (χ3v) is 2.70. The summed E-state index contributed by atoms with van der Waals surface area (Å²) in [7, 11) is 1.63. The summed E-state index contributed by atoms with van der Waals surface area (Å²) in [4.78, 5) is 4.24. The number of nitrogen functional groups attached to an aromatic ring is 1. The number of methoxy groups -OCH3 is 1. The van der Waals surface area contributed by atoms with E-state index in [1.165, 1.54) is 0 Å². The van der Waals surface area contributed by atoms with Crippen LogP contribution in [-0.4, -0.2) is 12.1 Å². The van der Waals surface area contributed by atoms with Crippen LogP contribution in [0.25, 0.3) is 10.9 Å². The summed E-state index contributed by atoms with van der Waals surface area (Å²) < 4.78 is 5.91. The molecule has 0 spiro atoms. The molecule has 2 rings (SSSR count). The van der Waals surface area contributed by atoms with Gasteiger partial charge in [-0.1, -0.05) is 0 Å². The second-order valence-corrected chi connectivity index (χ2v) is 3.76. The highest BCUT2D eigenvalue weighted by atomic mass is 79.9. The Morgan fingerprint density at radius 3 is 2.93 bits per heavy atom. The number of hydrogen-bond donors (Lipinski definition) is 1. The topological polar surface area (TPSA) is 48.1 Å². The summed E-state index contributed by atoms with van der Waals surface area (Å²) >= 11 is 3.33. The third kappa shape index (κ3) is 1.42. The maximum Gasteiger partial charge on any atom is 0.121 e. The number of fused-ring (bicyclic) bond motifs is 1. The van der Waals surface area contributed by atoms with Gasteiger partial charge in [0, 0.05) is 17.6 Å². The molecule has 0 unspecified atom stereocenters. The average molecular weight is 253 g/mol. The Morgan fingerprint density at radius 1 is 1.43 bits per heavy atom. The van der Waals surface area contributed by atoms with Gasteiger partial charge >= 0.3 is 0 Å². The molecule has 0 amide bonds. The van der Waals surface area contributed by atoms with Crippen LogP contribution in [0.1, 0.15) is 0 Å². The van der Waals surface area contributed by atoms with Crippen molar-refractivity contribution in [1.82, 2.24) is 4.98 Å². The Bertz CT molecular complexity index is 485. The number of halogens is 1. The molecule has 0 saturated heterocycles. The lowest BCUT2D eigenvalue weighted by Crippen LogP contribution is -1.91. The first-order chi connectivity index (χ1) is 6.72. The summed E-state index contributed by atoms with van der Waals surface area (Å²) in [5.74, 6) is 0.784. The van der Waals surface area contributed by atoms with Crippen LogP contribution in [0.3, 0.4) is 0 Å². The minimum atomic E-state index is 0.706. The molecule has 1 aromatic heterocycles. The van der Waals surface area contributed by atoms with Gasteiger partial charge in [-0.3, -0.25) is 4.98 Å². The Hall–Kier alpha value is -1.29. The molecule has 0 aliphatic rings. The van der Waals surface area contributed by atoms with Gasteiger partial charge in [0.25, 0.3) is 0 Å². The van der Waals surface area contributed by atoms with Crippen molar-refractivity contribution >= 4 is 32.5 Å². The lowest BCUT2D eigenvalue weighted by molar-refractivity contribution is 0.415. The maximum absolute atomic E-state index is 5.88. The zero-order chi connectivity index (χ0) is 10.1. The molecule has 3 nitrogen and oxygen atoms in total. The van der Waals surface area contributed by atoms with Gasteiger partial charge in [0.15, 0.2) is 0 Å². The molecule has 0 fully saturated rings. The van der Waals surface area contributed by atoms with Crippen LogP contribution in [0.15, 0.2) is 28.9 Å². The molecule has 2 N–H and O–H groups in total. The lowest BCUT2D eigenvalue weighted by atomic mass is 10.2. The van der Waals surface area contributed by atoms with E-state index in [1.807, 2.05) is 18.2 Å². The minimum Gasteiger partial charge on any atom is -0.497 e. The van der Waals surface area contributed by atoms with E-state index in [9.17, 15) is 0 Å². The van der Waals surface area contributed by atoms with Crippen LogP contribution in [0.2, 0.25) is 0 Å². The monoisotopic (exact) mass is 252 g/mol. The molecule has 0 bridgehead atoms. The molecule has 4 heteroatoms. The number of nitrogens with zero attached hydrogens (tertiary/aromatic N) is 1. The van der Waals surface area contributed by atoms with E-state index in [-0.39, 0.29) is 0 Å². The predicted octanol–water partition coefficient (Wildman–Crippen LogP) is 2.59. The van der Waals surface area contributed by atoms with Gasteiger partial charge in [0.05, 0.1) is 22.8 Å². The minimum absolute atomic E-state index is 0.706. The van der Waals surface area contributed by atoms with Crippen molar-refractivity contribution in [2.24, 2.45) is 0 Å². The summed E-state index contributed by atoms with van der Waals surface area (Å²) in [5, 5.41) is 0.931. The molecule has 0 atom stereocenters. The molecule has 2 aromatic rings. The van der Waals surface area contributed by atoms with Crippen LogP contribution in [0.5, 0.6) is 5.75 Å². The Morgan fingerprint density at radius 2 is 2.21 bits per heavy atom. The van der Waals surface area contributed by atoms with E-state index in [1.54, 1.807) is 13.3 Å². The summed E-state index contributed by atoms with van der Waals surface area (Å²) in [6, 6.07) is 5.63. The highest BCUT2D eigenvalue weighted by molar-refractivity contribution is 9.10. The van der Waals surface area contributed by atoms with Gasteiger partial charge in [-0.25, -0.2) is 0 Å². The van der Waals surface area contributed by atoms with Crippen molar-refractivity contribution in [3.63, 3.8) is 0 Å². The van der Waals surface area contributed by atoms with Crippen molar-refractivity contribution < 1.29 is 4.74 Å². The Balaban J connectivity index is 2.74. The number of hydrogen-bond acceptors (Lipinski definition) is 3. The standard InChI is InChI=1S/C10H9BrN2O/c1-14-6-2-3-7-9(4-6)13-5-8(11)10(7)12/h2-5H,1H3,(H2,12,13). The first-order valence-electron chi connectivity index (χ1n) is 4.10. The van der Waals surface area contributed by atoms with E-state index in [4.69, 9.17) is 10.5 Å². The molecular formula is C10H9BrN2O. The van der Waals surface area contributed by atoms with E-state index in [0.717, 1.165) is 21.1 Å². The molecule has 72 valence electrons. The Kier molecular flexibility index (Phi) is 2.29. The molecule has 14 heavy (non-hydrogen) atoms. The SMILES string of the molecule is COc1ccc2c(N)c(Br)cnc2c1. The van der Waals surface area contributed by atoms with Crippen molar-refractivity contribution in [2.45, 2.75) is 0 Å². The fraction of sp³-hybridized carbons (Fsp3) is 0.100. The number of nitrogens with two attached hydrogens (primary N) is 1. The average Bonchev–Trinajstić information content (AvgIpc) is 2.23. The fourth-order valence-electron chi connectivity index (χ4n) is 1.30. The smallest absolute Gasteiger partial charge is 0.121 e. The third-order valence-electron chi connectivity index (χ3n) is 2.07. The van der Waals surface area contributed by atoms with Gasteiger partial charge in [-0.05, 0) is 28.1 Å². The normalized spacial score (nSPS) is 10.4.